The van der Waals surface area contributed by atoms with Crippen LogP contribution in [0.25, 0.3) is 22.2 Å². The van der Waals surface area contributed by atoms with E-state index < -0.39 is 18.1 Å². The van der Waals surface area contributed by atoms with Gasteiger partial charge in [0.2, 0.25) is 5.88 Å². The first kappa shape index (κ1) is 26.7. The van der Waals surface area contributed by atoms with E-state index in [-0.39, 0.29) is 29.5 Å². The Bertz CT molecular complexity index is 1560. The Morgan fingerprint density at radius 2 is 1.90 bits per heavy atom. The van der Waals surface area contributed by atoms with E-state index in [2.05, 4.69) is 20.8 Å². The molecule has 2 fully saturated rings. The third-order valence-corrected chi connectivity index (χ3v) is 8.46. The Labute approximate surface area is 236 Å². The fourth-order valence-corrected chi connectivity index (χ4v) is 6.50. The van der Waals surface area contributed by atoms with Crippen molar-refractivity contribution >= 4 is 34.2 Å². The van der Waals surface area contributed by atoms with Gasteiger partial charge in [-0.05, 0) is 63.3 Å². The highest BCUT2D eigenvalue weighted by Gasteiger charge is 2.45. The first-order valence-corrected chi connectivity index (χ1v) is 13.8. The number of fused-ring (bicyclic) bond motifs is 1. The summed E-state index contributed by atoms with van der Waals surface area (Å²) in [6, 6.07) is 7.19. The Kier molecular flexibility index (Phi) is 7.00. The number of pyridine rings is 1. The molecule has 0 N–H and O–H groups in total. The van der Waals surface area contributed by atoms with Crippen LogP contribution in [0.3, 0.4) is 0 Å². The molecule has 3 aromatic heterocycles. The number of imidazole rings is 1. The molecule has 0 bridgehead atoms. The van der Waals surface area contributed by atoms with E-state index >= 15 is 4.39 Å². The molecule has 6 rings (SSSR count). The Morgan fingerprint density at radius 3 is 2.55 bits per heavy atom. The molecule has 1 aliphatic heterocycles. The zero-order valence-electron chi connectivity index (χ0n) is 22.9. The molecule has 9 nitrogen and oxygen atoms in total. The molecule has 0 radical (unpaired) electrons. The van der Waals surface area contributed by atoms with E-state index in [1.54, 1.807) is 13.2 Å². The lowest BCUT2D eigenvalue weighted by atomic mass is 9.92. The molecule has 4 aromatic rings. The average Bonchev–Trinajstić information content (AvgIpc) is 3.60. The topological polar surface area (TPSA) is 95.5 Å². The minimum atomic E-state index is -1.67. The first-order chi connectivity index (χ1) is 19.3. The standard InChI is InChI=1S/C29H31ClFN5O4/c1-15-26(16(2)40-34-15)17-5-10-24-23(11-17)33-27(35(24)18-6-8-20(38-3)9-7-18)25-13-22(31)29(37)36(25)19-12-21(30)28(39-4)32-14-19/h5,10-12,14,18,20,22,25H,6-9,13H2,1-4H3/t18?,20?,22-,25-/m0/s1. The number of aryl methyl sites for hydroxylation is 2. The lowest BCUT2D eigenvalue weighted by Crippen LogP contribution is -2.32. The highest BCUT2D eigenvalue weighted by molar-refractivity contribution is 6.32. The molecule has 2 atom stereocenters. The van der Waals surface area contributed by atoms with Crippen LogP contribution >= 0.6 is 11.6 Å². The van der Waals surface area contributed by atoms with Crippen LogP contribution in [0, 0.1) is 13.8 Å². The highest BCUT2D eigenvalue weighted by Crippen LogP contribution is 2.44. The third-order valence-electron chi connectivity index (χ3n) is 8.19. The van der Waals surface area contributed by atoms with E-state index in [1.807, 2.05) is 26.0 Å². The van der Waals surface area contributed by atoms with Crippen LogP contribution in [-0.4, -0.2) is 52.1 Å². The first-order valence-electron chi connectivity index (χ1n) is 13.4. The SMILES string of the molecule is COc1ncc(N2C(=O)[C@@H](F)C[C@H]2c2nc3cc(-c4c(C)noc4C)ccc3n2C2CCC(OC)CC2)cc1Cl. The number of methoxy groups -OCH3 is 2. The maximum atomic E-state index is 15.2. The summed E-state index contributed by atoms with van der Waals surface area (Å²) >= 11 is 6.36. The van der Waals surface area contributed by atoms with Crippen LogP contribution in [0.2, 0.25) is 5.02 Å². The molecular weight excluding hydrogens is 537 g/mol. The number of benzene rings is 1. The zero-order chi connectivity index (χ0) is 28.1. The number of ether oxygens (including phenoxy) is 2. The van der Waals surface area contributed by atoms with E-state index in [4.69, 9.17) is 30.6 Å². The van der Waals surface area contributed by atoms with Crippen molar-refractivity contribution in [3.63, 3.8) is 0 Å². The van der Waals surface area contributed by atoms with Crippen molar-refractivity contribution in [3.8, 4) is 17.0 Å². The molecule has 0 unspecified atom stereocenters. The fourth-order valence-electron chi connectivity index (χ4n) is 6.26. The molecule has 1 aromatic carbocycles. The van der Waals surface area contributed by atoms with Gasteiger partial charge in [-0.3, -0.25) is 9.69 Å². The Morgan fingerprint density at radius 1 is 1.12 bits per heavy atom. The van der Waals surface area contributed by atoms with Crippen LogP contribution in [0.15, 0.2) is 35.0 Å². The van der Waals surface area contributed by atoms with Crippen molar-refractivity contribution in [2.24, 2.45) is 0 Å². The second-order valence-electron chi connectivity index (χ2n) is 10.5. The summed E-state index contributed by atoms with van der Waals surface area (Å²) < 4.78 is 33.6. The number of amides is 1. The maximum Gasteiger partial charge on any atom is 0.262 e. The molecule has 11 heteroatoms. The molecule has 1 amide bonds. The number of carbonyl (C=O) groups is 1. The van der Waals surface area contributed by atoms with E-state index in [0.717, 1.165) is 59.3 Å². The van der Waals surface area contributed by atoms with Crippen LogP contribution < -0.4 is 9.64 Å². The van der Waals surface area contributed by atoms with E-state index in [9.17, 15) is 4.79 Å². The Balaban J connectivity index is 1.50. The number of alkyl halides is 1. The highest BCUT2D eigenvalue weighted by atomic mass is 35.5. The summed E-state index contributed by atoms with van der Waals surface area (Å²) in [5.41, 5.74) is 4.77. The number of hydrogen-bond donors (Lipinski definition) is 0. The van der Waals surface area contributed by atoms with Gasteiger partial charge in [0.15, 0.2) is 6.17 Å². The van der Waals surface area contributed by atoms with Gasteiger partial charge in [-0.25, -0.2) is 14.4 Å². The minimum absolute atomic E-state index is 0.0179. The van der Waals surface area contributed by atoms with Gasteiger partial charge in [0.1, 0.15) is 16.6 Å². The number of rotatable bonds is 6. The minimum Gasteiger partial charge on any atom is -0.480 e. The molecule has 1 aliphatic carbocycles. The van der Waals surface area contributed by atoms with Crippen LogP contribution in [-0.2, 0) is 9.53 Å². The van der Waals surface area contributed by atoms with Crippen molar-refractivity contribution in [1.29, 1.82) is 0 Å². The number of nitrogens with zero attached hydrogens (tertiary/aromatic N) is 5. The molecular formula is C29H31ClFN5O4. The molecule has 0 spiro atoms. The van der Waals surface area contributed by atoms with Gasteiger partial charge in [0, 0.05) is 25.1 Å². The largest absolute Gasteiger partial charge is 0.480 e. The smallest absolute Gasteiger partial charge is 0.262 e. The number of carbonyl (C=O) groups excluding carboxylic acids is 1. The molecule has 1 saturated carbocycles. The second-order valence-corrected chi connectivity index (χ2v) is 10.9. The number of anilines is 1. The number of hydrogen-bond acceptors (Lipinski definition) is 7. The predicted octanol–water partition coefficient (Wildman–Crippen LogP) is 6.31. The van der Waals surface area contributed by atoms with Crippen molar-refractivity contribution in [2.75, 3.05) is 19.1 Å². The lowest BCUT2D eigenvalue weighted by molar-refractivity contribution is -0.121. The molecule has 4 heterocycles. The van der Waals surface area contributed by atoms with Gasteiger partial charge >= 0.3 is 0 Å². The van der Waals surface area contributed by atoms with Crippen LogP contribution in [0.5, 0.6) is 5.88 Å². The normalized spacial score (nSPS) is 23.4. The van der Waals surface area contributed by atoms with Crippen molar-refractivity contribution in [3.05, 3.63) is 52.8 Å². The molecule has 210 valence electrons. The summed E-state index contributed by atoms with van der Waals surface area (Å²) in [4.78, 5) is 24.0. The fraction of sp³-hybridized carbons (Fsp3) is 0.448. The van der Waals surface area contributed by atoms with Gasteiger partial charge in [-0.15, -0.1) is 0 Å². The Hall–Kier alpha value is -3.50. The third kappa shape index (κ3) is 4.43. The van der Waals surface area contributed by atoms with Crippen molar-refractivity contribution < 1.29 is 23.2 Å². The summed E-state index contributed by atoms with van der Waals surface area (Å²) in [6.07, 6.45) is 3.62. The van der Waals surface area contributed by atoms with Gasteiger partial charge in [0.05, 0.1) is 47.9 Å². The molecule has 2 aliphatic rings. The summed E-state index contributed by atoms with van der Waals surface area (Å²) in [7, 11) is 3.21. The summed E-state index contributed by atoms with van der Waals surface area (Å²) in [5.74, 6) is 0.976. The molecule has 40 heavy (non-hydrogen) atoms. The van der Waals surface area contributed by atoms with Gasteiger partial charge in [-0.2, -0.15) is 0 Å². The lowest BCUT2D eigenvalue weighted by Gasteiger charge is -2.32. The number of aromatic nitrogens is 4. The van der Waals surface area contributed by atoms with Crippen LogP contribution in [0.4, 0.5) is 10.1 Å². The zero-order valence-corrected chi connectivity index (χ0v) is 23.6. The van der Waals surface area contributed by atoms with Gasteiger partial charge < -0.3 is 18.6 Å². The van der Waals surface area contributed by atoms with E-state index in [0.29, 0.717) is 11.5 Å². The number of halogens is 2. The molecule has 1 saturated heterocycles. The predicted molar refractivity (Wildman–Crippen MR) is 149 cm³/mol. The van der Waals surface area contributed by atoms with Crippen molar-refractivity contribution in [1.82, 2.24) is 19.7 Å². The summed E-state index contributed by atoms with van der Waals surface area (Å²) in [6.45, 7) is 3.79. The van der Waals surface area contributed by atoms with Crippen LogP contribution in [0.1, 0.15) is 61.5 Å². The monoisotopic (exact) mass is 567 g/mol. The van der Waals surface area contributed by atoms with E-state index in [1.165, 1.54) is 18.2 Å². The van der Waals surface area contributed by atoms with Gasteiger partial charge in [-0.1, -0.05) is 22.8 Å². The average molecular weight is 568 g/mol. The quantitative estimate of drug-likeness (QED) is 0.269. The van der Waals surface area contributed by atoms with Crippen molar-refractivity contribution in [2.45, 2.75) is 70.3 Å². The second kappa shape index (κ2) is 10.5. The maximum absolute atomic E-state index is 15.2. The van der Waals surface area contributed by atoms with Gasteiger partial charge in [0.25, 0.3) is 5.91 Å². The summed E-state index contributed by atoms with van der Waals surface area (Å²) in [5, 5.41) is 4.34.